The van der Waals surface area contributed by atoms with Crippen LogP contribution in [0.3, 0.4) is 0 Å². The van der Waals surface area contributed by atoms with Gasteiger partial charge in [-0.15, -0.1) is 0 Å². The van der Waals surface area contributed by atoms with Gasteiger partial charge in [0.15, 0.2) is 5.65 Å². The summed E-state index contributed by atoms with van der Waals surface area (Å²) in [6.07, 6.45) is 2.79. The van der Waals surface area contributed by atoms with Gasteiger partial charge < -0.3 is 0 Å². The van der Waals surface area contributed by atoms with Gasteiger partial charge in [0.25, 0.3) is 11.2 Å². The second kappa shape index (κ2) is 8.44. The highest BCUT2D eigenvalue weighted by Crippen LogP contribution is 2.25. The van der Waals surface area contributed by atoms with E-state index in [4.69, 9.17) is 0 Å². The first kappa shape index (κ1) is 20.8. The molecule has 0 atom stereocenters. The predicted octanol–water partition coefficient (Wildman–Crippen LogP) is 4.08. The molecule has 5 aromatic rings. The highest BCUT2D eigenvalue weighted by atomic mass is 16.6. The van der Waals surface area contributed by atoms with Gasteiger partial charge in [-0.2, -0.15) is 10.4 Å². The van der Waals surface area contributed by atoms with Gasteiger partial charge in [0, 0.05) is 6.07 Å². The van der Waals surface area contributed by atoms with E-state index in [2.05, 4.69) is 16.2 Å². The SMILES string of the molecule is N#Cc1ccccc1-c1ccc(Cn2cnc3c(cnn3-c3ccccc3[N+](=O)[O-])c2=O)cc1. The molecule has 2 aromatic heterocycles. The molecule has 3 aromatic carbocycles. The lowest BCUT2D eigenvalue weighted by molar-refractivity contribution is -0.384. The van der Waals surface area contributed by atoms with Crippen molar-refractivity contribution in [1.29, 1.82) is 5.26 Å². The average molecular weight is 448 g/mol. The fourth-order valence-corrected chi connectivity index (χ4v) is 3.85. The minimum absolute atomic E-state index is 0.128. The van der Waals surface area contributed by atoms with Crippen LogP contribution in [-0.4, -0.2) is 24.3 Å². The van der Waals surface area contributed by atoms with E-state index < -0.39 is 4.92 Å². The van der Waals surface area contributed by atoms with E-state index in [0.29, 0.717) is 12.1 Å². The van der Waals surface area contributed by atoms with Crippen LogP contribution in [0.15, 0.2) is 90.1 Å². The third kappa shape index (κ3) is 3.59. The molecule has 0 aliphatic heterocycles. The van der Waals surface area contributed by atoms with Crippen LogP contribution in [0.2, 0.25) is 0 Å². The van der Waals surface area contributed by atoms with Crippen molar-refractivity contribution < 1.29 is 4.92 Å². The first-order chi connectivity index (χ1) is 16.6. The number of nitro benzene ring substituents is 1. The zero-order chi connectivity index (χ0) is 23.7. The number of nitrogens with zero attached hydrogens (tertiary/aromatic N) is 6. The van der Waals surface area contributed by atoms with Crippen LogP contribution in [0.25, 0.3) is 27.8 Å². The number of benzene rings is 3. The third-order valence-corrected chi connectivity index (χ3v) is 5.53. The molecule has 0 amide bonds. The smallest absolute Gasteiger partial charge is 0.294 e. The van der Waals surface area contributed by atoms with Crippen molar-refractivity contribution in [3.05, 3.63) is 117 Å². The predicted molar refractivity (Wildman–Crippen MR) is 125 cm³/mol. The number of nitro groups is 1. The molecule has 9 nitrogen and oxygen atoms in total. The summed E-state index contributed by atoms with van der Waals surface area (Å²) in [4.78, 5) is 28.3. The van der Waals surface area contributed by atoms with Crippen molar-refractivity contribution in [3.8, 4) is 22.9 Å². The minimum atomic E-state index is -0.497. The second-order valence-corrected chi connectivity index (χ2v) is 7.57. The largest absolute Gasteiger partial charge is 0.294 e. The maximum Gasteiger partial charge on any atom is 0.294 e. The number of nitriles is 1. The van der Waals surface area contributed by atoms with Crippen molar-refractivity contribution >= 4 is 16.7 Å². The quantitative estimate of drug-likeness (QED) is 0.295. The molecule has 164 valence electrons. The molecule has 0 N–H and O–H groups in total. The molecule has 0 unspecified atom stereocenters. The van der Waals surface area contributed by atoms with Crippen LogP contribution >= 0.6 is 0 Å². The monoisotopic (exact) mass is 448 g/mol. The molecule has 0 aliphatic rings. The number of para-hydroxylation sites is 2. The first-order valence-electron chi connectivity index (χ1n) is 10.3. The Morgan fingerprint density at radius 3 is 2.50 bits per heavy atom. The first-order valence-corrected chi connectivity index (χ1v) is 10.3. The van der Waals surface area contributed by atoms with Crippen molar-refractivity contribution in [1.82, 2.24) is 19.3 Å². The summed E-state index contributed by atoms with van der Waals surface area (Å²) in [5.74, 6) is 0. The van der Waals surface area contributed by atoms with Crippen LogP contribution in [0, 0.1) is 21.4 Å². The zero-order valence-electron chi connectivity index (χ0n) is 17.7. The molecule has 0 fully saturated rings. The Balaban J connectivity index is 1.47. The van der Waals surface area contributed by atoms with Crippen molar-refractivity contribution in [2.75, 3.05) is 0 Å². The molecule has 0 saturated carbocycles. The van der Waals surface area contributed by atoms with Crippen LogP contribution in [0.4, 0.5) is 5.69 Å². The molecule has 0 radical (unpaired) electrons. The highest BCUT2D eigenvalue weighted by molar-refractivity contribution is 5.76. The summed E-state index contributed by atoms with van der Waals surface area (Å²) in [6, 6.07) is 23.4. The number of rotatable bonds is 5. The van der Waals surface area contributed by atoms with Gasteiger partial charge in [-0.1, -0.05) is 54.6 Å². The Morgan fingerprint density at radius 2 is 1.74 bits per heavy atom. The fraction of sp³-hybridized carbons (Fsp3) is 0.0400. The van der Waals surface area contributed by atoms with Crippen LogP contribution < -0.4 is 5.56 Å². The Bertz CT molecular complexity index is 1640. The number of hydrogen-bond acceptors (Lipinski definition) is 6. The Kier molecular flexibility index (Phi) is 5.16. The summed E-state index contributed by atoms with van der Waals surface area (Å²) in [6.45, 7) is 0.290. The molecule has 0 saturated heterocycles. The van der Waals surface area contributed by atoms with E-state index in [1.165, 1.54) is 27.8 Å². The van der Waals surface area contributed by atoms with Crippen LogP contribution in [-0.2, 0) is 6.54 Å². The normalized spacial score (nSPS) is 10.8. The minimum Gasteiger partial charge on any atom is -0.294 e. The van der Waals surface area contributed by atoms with Gasteiger partial charge in [0.2, 0.25) is 0 Å². The summed E-state index contributed by atoms with van der Waals surface area (Å²) < 4.78 is 2.77. The molecular weight excluding hydrogens is 432 g/mol. The molecule has 0 spiro atoms. The summed E-state index contributed by atoms with van der Waals surface area (Å²) in [7, 11) is 0. The van der Waals surface area contributed by atoms with Gasteiger partial charge in [-0.05, 0) is 28.8 Å². The summed E-state index contributed by atoms with van der Waals surface area (Å²) >= 11 is 0. The molecule has 9 heteroatoms. The molecular formula is C25H16N6O3. The van der Waals surface area contributed by atoms with Gasteiger partial charge in [0.05, 0.1) is 29.3 Å². The van der Waals surface area contributed by atoms with Gasteiger partial charge in [-0.25, -0.2) is 9.67 Å². The van der Waals surface area contributed by atoms with E-state index in [0.717, 1.165) is 16.7 Å². The van der Waals surface area contributed by atoms with Gasteiger partial charge in [-0.3, -0.25) is 19.5 Å². The van der Waals surface area contributed by atoms with E-state index in [1.54, 1.807) is 24.3 Å². The number of fused-ring (bicyclic) bond motifs is 1. The fourth-order valence-electron chi connectivity index (χ4n) is 3.85. The maximum atomic E-state index is 13.1. The number of hydrogen-bond donors (Lipinski definition) is 0. The lowest BCUT2D eigenvalue weighted by Gasteiger charge is -2.08. The third-order valence-electron chi connectivity index (χ3n) is 5.53. The molecule has 5 rings (SSSR count). The molecule has 2 heterocycles. The Morgan fingerprint density at radius 1 is 1.00 bits per heavy atom. The lowest BCUT2D eigenvalue weighted by atomic mass is 9.99. The molecule has 0 aliphatic carbocycles. The van der Waals surface area contributed by atoms with Gasteiger partial charge >= 0.3 is 0 Å². The van der Waals surface area contributed by atoms with Crippen molar-refractivity contribution in [2.45, 2.75) is 6.54 Å². The van der Waals surface area contributed by atoms with Gasteiger partial charge in [0.1, 0.15) is 17.4 Å². The zero-order valence-corrected chi connectivity index (χ0v) is 17.7. The van der Waals surface area contributed by atoms with E-state index in [9.17, 15) is 20.2 Å². The second-order valence-electron chi connectivity index (χ2n) is 7.57. The van der Waals surface area contributed by atoms with Crippen LogP contribution in [0.1, 0.15) is 11.1 Å². The maximum absolute atomic E-state index is 13.1. The van der Waals surface area contributed by atoms with E-state index in [1.807, 2.05) is 42.5 Å². The molecule has 0 bridgehead atoms. The Hall–Kier alpha value is -5.10. The van der Waals surface area contributed by atoms with Crippen molar-refractivity contribution in [3.63, 3.8) is 0 Å². The Labute approximate surface area is 192 Å². The topological polar surface area (TPSA) is 120 Å². The molecule has 34 heavy (non-hydrogen) atoms. The van der Waals surface area contributed by atoms with E-state index >= 15 is 0 Å². The number of aromatic nitrogens is 4. The lowest BCUT2D eigenvalue weighted by Crippen LogP contribution is -2.21. The summed E-state index contributed by atoms with van der Waals surface area (Å²) in [5.41, 5.74) is 3.29. The van der Waals surface area contributed by atoms with Crippen molar-refractivity contribution in [2.24, 2.45) is 0 Å². The van der Waals surface area contributed by atoms with Crippen LogP contribution in [0.5, 0.6) is 0 Å². The van der Waals surface area contributed by atoms with E-state index in [-0.39, 0.29) is 28.0 Å². The average Bonchev–Trinajstić information content (AvgIpc) is 3.31. The summed E-state index contributed by atoms with van der Waals surface area (Å²) in [5, 5.41) is 25.2. The highest BCUT2D eigenvalue weighted by Gasteiger charge is 2.19. The standard InChI is InChI=1S/C25H16N6O3/c26-13-19-5-1-2-6-20(19)18-11-9-17(10-12-18)15-29-16-27-24-21(25(29)32)14-28-30(24)22-7-3-4-8-23(22)31(33)34/h1-12,14,16H,15H2.